The molecule has 166 valence electrons. The number of benzene rings is 1. The van der Waals surface area contributed by atoms with E-state index in [1.165, 1.54) is 5.56 Å². The molecule has 7 heteroatoms. The van der Waals surface area contributed by atoms with Gasteiger partial charge < -0.3 is 9.42 Å². The Bertz CT molecular complexity index is 1280. The minimum absolute atomic E-state index is 0.0916. The Morgan fingerprint density at radius 2 is 1.91 bits per heavy atom. The fourth-order valence-electron chi connectivity index (χ4n) is 4.44. The number of carbonyl (C=O) groups is 1. The molecule has 1 aliphatic rings. The first kappa shape index (κ1) is 21.0. The summed E-state index contributed by atoms with van der Waals surface area (Å²) in [6.07, 6.45) is 7.26. The third-order valence-corrected chi connectivity index (χ3v) is 6.13. The van der Waals surface area contributed by atoms with Crippen molar-refractivity contribution < 1.29 is 9.32 Å². The van der Waals surface area contributed by atoms with Crippen LogP contribution in [-0.4, -0.2) is 44.0 Å². The number of rotatable bonds is 4. The first-order valence-corrected chi connectivity index (χ1v) is 11.2. The summed E-state index contributed by atoms with van der Waals surface area (Å²) in [5.74, 6) is 1.29. The van der Waals surface area contributed by atoms with Crippen LogP contribution in [-0.2, 0) is 0 Å². The molecule has 1 fully saturated rings. The lowest BCUT2D eigenvalue weighted by Gasteiger charge is -2.33. The highest BCUT2D eigenvalue weighted by atomic mass is 16.5. The van der Waals surface area contributed by atoms with Crippen LogP contribution in [0.4, 0.5) is 0 Å². The zero-order valence-electron chi connectivity index (χ0n) is 18.7. The summed E-state index contributed by atoms with van der Waals surface area (Å²) < 4.78 is 5.12. The van der Waals surface area contributed by atoms with Crippen molar-refractivity contribution in [3.05, 3.63) is 83.8 Å². The fourth-order valence-corrected chi connectivity index (χ4v) is 4.44. The zero-order chi connectivity index (χ0) is 22.8. The molecular formula is C26H25N5O2. The molecule has 0 spiro atoms. The predicted molar refractivity (Wildman–Crippen MR) is 125 cm³/mol. The van der Waals surface area contributed by atoms with E-state index in [4.69, 9.17) is 9.51 Å². The van der Waals surface area contributed by atoms with Gasteiger partial charge in [-0.15, -0.1) is 0 Å². The molecule has 0 aliphatic carbocycles. The summed E-state index contributed by atoms with van der Waals surface area (Å²) in [6.45, 7) is 5.16. The van der Waals surface area contributed by atoms with Crippen molar-refractivity contribution >= 4 is 5.91 Å². The van der Waals surface area contributed by atoms with Crippen molar-refractivity contribution in [3.8, 4) is 22.5 Å². The molecule has 0 saturated carbocycles. The second-order valence-corrected chi connectivity index (χ2v) is 8.46. The summed E-state index contributed by atoms with van der Waals surface area (Å²) in [5, 5.41) is 3.92. The van der Waals surface area contributed by atoms with Gasteiger partial charge >= 0.3 is 0 Å². The van der Waals surface area contributed by atoms with E-state index in [1.54, 1.807) is 25.4 Å². The molecular weight excluding hydrogens is 414 g/mol. The molecule has 1 atom stereocenters. The second-order valence-electron chi connectivity index (χ2n) is 8.46. The Kier molecular flexibility index (Phi) is 5.69. The average Bonchev–Trinajstić information content (AvgIpc) is 3.30. The van der Waals surface area contributed by atoms with E-state index < -0.39 is 0 Å². The van der Waals surface area contributed by atoms with E-state index in [9.17, 15) is 4.79 Å². The number of carbonyl (C=O) groups excluding carboxylic acids is 1. The van der Waals surface area contributed by atoms with Gasteiger partial charge in [-0.05, 0) is 49.9 Å². The number of pyridine rings is 1. The van der Waals surface area contributed by atoms with Crippen molar-refractivity contribution in [1.82, 2.24) is 25.0 Å². The molecule has 0 unspecified atom stereocenters. The maximum absolute atomic E-state index is 13.1. The molecule has 4 heterocycles. The number of nitrogens with zero attached hydrogens (tertiary/aromatic N) is 5. The van der Waals surface area contributed by atoms with Crippen molar-refractivity contribution in [3.63, 3.8) is 0 Å². The van der Waals surface area contributed by atoms with Crippen LogP contribution < -0.4 is 0 Å². The van der Waals surface area contributed by atoms with Crippen molar-refractivity contribution in [1.29, 1.82) is 0 Å². The number of hydrogen-bond acceptors (Lipinski definition) is 6. The van der Waals surface area contributed by atoms with Gasteiger partial charge in [-0.2, -0.15) is 0 Å². The zero-order valence-corrected chi connectivity index (χ0v) is 18.7. The third kappa shape index (κ3) is 4.26. The van der Waals surface area contributed by atoms with Crippen molar-refractivity contribution in [2.24, 2.45) is 0 Å². The van der Waals surface area contributed by atoms with Gasteiger partial charge in [-0.25, -0.2) is 9.97 Å². The van der Waals surface area contributed by atoms with Gasteiger partial charge in [0, 0.05) is 54.8 Å². The highest BCUT2D eigenvalue weighted by molar-refractivity contribution is 5.92. The summed E-state index contributed by atoms with van der Waals surface area (Å²) >= 11 is 0. The number of aromatic nitrogens is 4. The molecule has 33 heavy (non-hydrogen) atoms. The molecule has 0 radical (unpaired) electrons. The van der Waals surface area contributed by atoms with E-state index >= 15 is 0 Å². The number of aryl methyl sites for hydroxylation is 2. The quantitative estimate of drug-likeness (QED) is 0.453. The van der Waals surface area contributed by atoms with Gasteiger partial charge in [-0.1, -0.05) is 29.4 Å². The van der Waals surface area contributed by atoms with Gasteiger partial charge in [0.15, 0.2) is 11.5 Å². The molecule has 0 bridgehead atoms. The van der Waals surface area contributed by atoms with E-state index in [2.05, 4.69) is 34.2 Å². The normalized spacial score (nSPS) is 16.1. The maximum Gasteiger partial charge on any atom is 0.276 e. The Balaban J connectivity index is 1.54. The number of hydrogen-bond donors (Lipinski definition) is 0. The minimum atomic E-state index is -0.0996. The predicted octanol–water partition coefficient (Wildman–Crippen LogP) is 4.83. The Hall–Kier alpha value is -3.87. The van der Waals surface area contributed by atoms with E-state index in [0.717, 1.165) is 35.2 Å². The van der Waals surface area contributed by atoms with Crippen LogP contribution in [0.15, 0.2) is 65.6 Å². The summed E-state index contributed by atoms with van der Waals surface area (Å²) in [7, 11) is 0. The van der Waals surface area contributed by atoms with Crippen molar-refractivity contribution in [2.75, 3.05) is 13.1 Å². The van der Waals surface area contributed by atoms with Gasteiger partial charge in [0.25, 0.3) is 5.91 Å². The molecule has 1 aromatic carbocycles. The summed E-state index contributed by atoms with van der Waals surface area (Å²) in [5.41, 5.74) is 5.55. The molecule has 1 amide bonds. The van der Waals surface area contributed by atoms with Gasteiger partial charge in [0.05, 0.1) is 5.69 Å². The largest absolute Gasteiger partial charge is 0.361 e. The lowest BCUT2D eigenvalue weighted by Crippen LogP contribution is -2.39. The summed E-state index contributed by atoms with van der Waals surface area (Å²) in [6, 6.07) is 13.8. The SMILES string of the molecule is Cc1cc(C(=O)N2CCC[C@@H](c3nc(-c4ccncc4)ncc3-c3ccccc3C)C2)no1. The number of likely N-dealkylation sites (tertiary alicyclic amines) is 1. The Labute approximate surface area is 192 Å². The molecule has 7 nitrogen and oxygen atoms in total. The Morgan fingerprint density at radius 3 is 2.67 bits per heavy atom. The molecule has 5 rings (SSSR count). The van der Waals surface area contributed by atoms with Crippen LogP contribution in [0.25, 0.3) is 22.5 Å². The summed E-state index contributed by atoms with van der Waals surface area (Å²) in [4.78, 5) is 28.7. The molecule has 1 saturated heterocycles. The first-order chi connectivity index (χ1) is 16.1. The average molecular weight is 440 g/mol. The lowest BCUT2D eigenvalue weighted by atomic mass is 9.88. The highest BCUT2D eigenvalue weighted by Crippen LogP contribution is 2.35. The van der Waals surface area contributed by atoms with Crippen LogP contribution in [0.3, 0.4) is 0 Å². The standard InChI is InChI=1S/C26H25N5O2/c1-17-6-3-4-8-21(17)22-15-28-25(19-9-11-27-12-10-19)29-24(22)20-7-5-13-31(16-20)26(32)23-14-18(2)33-30-23/h3-4,6,8-12,14-15,20H,5,7,13,16H2,1-2H3/t20-/m1/s1. The van der Waals surface area contributed by atoms with Crippen LogP contribution in [0.2, 0.25) is 0 Å². The first-order valence-electron chi connectivity index (χ1n) is 11.2. The molecule has 3 aromatic heterocycles. The monoisotopic (exact) mass is 439 g/mol. The van der Waals surface area contributed by atoms with Crippen molar-refractivity contribution in [2.45, 2.75) is 32.6 Å². The molecule has 4 aromatic rings. The van der Waals surface area contributed by atoms with Crippen LogP contribution >= 0.6 is 0 Å². The van der Waals surface area contributed by atoms with Crippen LogP contribution in [0, 0.1) is 13.8 Å². The minimum Gasteiger partial charge on any atom is -0.361 e. The molecule has 1 aliphatic heterocycles. The van der Waals surface area contributed by atoms with Gasteiger partial charge in [0.1, 0.15) is 5.76 Å². The molecule has 0 N–H and O–H groups in total. The van der Waals surface area contributed by atoms with Gasteiger partial charge in [-0.3, -0.25) is 9.78 Å². The third-order valence-electron chi connectivity index (χ3n) is 6.13. The number of piperidine rings is 1. The lowest BCUT2D eigenvalue weighted by molar-refractivity contribution is 0.0695. The smallest absolute Gasteiger partial charge is 0.276 e. The van der Waals surface area contributed by atoms with E-state index in [1.807, 2.05) is 35.4 Å². The van der Waals surface area contributed by atoms with E-state index in [-0.39, 0.29) is 11.8 Å². The van der Waals surface area contributed by atoms with Gasteiger partial charge in [0.2, 0.25) is 0 Å². The van der Waals surface area contributed by atoms with Crippen LogP contribution in [0.1, 0.15) is 46.3 Å². The van der Waals surface area contributed by atoms with Crippen LogP contribution in [0.5, 0.6) is 0 Å². The highest BCUT2D eigenvalue weighted by Gasteiger charge is 2.30. The Morgan fingerprint density at radius 1 is 1.09 bits per heavy atom. The van der Waals surface area contributed by atoms with E-state index in [0.29, 0.717) is 30.4 Å². The topological polar surface area (TPSA) is 85.0 Å². The number of amides is 1. The maximum atomic E-state index is 13.1. The second kappa shape index (κ2) is 8.94. The fraction of sp³-hybridized carbons (Fsp3) is 0.269.